The van der Waals surface area contributed by atoms with Crippen molar-refractivity contribution in [3.63, 3.8) is 0 Å². The summed E-state index contributed by atoms with van der Waals surface area (Å²) in [6.45, 7) is 7.31. The Bertz CT molecular complexity index is 1050. The highest BCUT2D eigenvalue weighted by atomic mass is 35.5. The molecule has 1 aliphatic carbocycles. The maximum absolute atomic E-state index is 12.2. The van der Waals surface area contributed by atoms with Gasteiger partial charge in [0.1, 0.15) is 5.75 Å². The van der Waals surface area contributed by atoms with E-state index in [1.54, 1.807) is 7.11 Å². The molecule has 37 heavy (non-hydrogen) atoms. The average Bonchev–Trinajstić information content (AvgIpc) is 2.92. The minimum atomic E-state index is -3.11. The van der Waals surface area contributed by atoms with Gasteiger partial charge in [-0.25, -0.2) is 13.1 Å². The van der Waals surface area contributed by atoms with Crippen molar-refractivity contribution >= 4 is 28.1 Å². The number of methoxy groups -OCH3 is 1. The second-order valence-corrected chi connectivity index (χ2v) is 12.3. The number of hydrogen-bond acceptors (Lipinski definition) is 5. The average molecular weight is 550 g/mol. The standard InChI is InChI=1S/C29H43N3O3S.ClH/c1-3-4-22-36(33,34)30-27-13-10-24(11-14-27)16-17-31-18-20-32(21-19-31)28-15-12-26(23-29(28)35-2)25-8-6-5-7-9-25;/h5-9,12,15,23-24,27,30H,3-4,10-11,13-14,16-22H2,1-2H3;1H. The van der Waals surface area contributed by atoms with Crippen molar-refractivity contribution in [2.45, 2.75) is 57.9 Å². The first kappa shape index (κ1) is 29.8. The van der Waals surface area contributed by atoms with Crippen LogP contribution in [0.4, 0.5) is 5.69 Å². The minimum Gasteiger partial charge on any atom is -0.495 e. The summed E-state index contributed by atoms with van der Waals surface area (Å²) < 4.78 is 33.1. The van der Waals surface area contributed by atoms with E-state index in [9.17, 15) is 8.42 Å². The van der Waals surface area contributed by atoms with Crippen LogP contribution in [-0.2, 0) is 10.0 Å². The SMILES string of the molecule is CCCCS(=O)(=O)NC1CCC(CCN2CCN(c3ccc(-c4ccccc4)cc3OC)CC2)CC1.Cl. The van der Waals surface area contributed by atoms with E-state index in [-0.39, 0.29) is 24.2 Å². The van der Waals surface area contributed by atoms with Gasteiger partial charge in [0.25, 0.3) is 0 Å². The second kappa shape index (κ2) is 14.4. The van der Waals surface area contributed by atoms with Crippen LogP contribution in [0, 0.1) is 5.92 Å². The number of piperazine rings is 1. The van der Waals surface area contributed by atoms with Gasteiger partial charge in [0.15, 0.2) is 0 Å². The molecule has 206 valence electrons. The van der Waals surface area contributed by atoms with Gasteiger partial charge in [-0.15, -0.1) is 12.4 Å². The molecule has 1 saturated heterocycles. The lowest BCUT2D eigenvalue weighted by Gasteiger charge is -2.37. The summed E-state index contributed by atoms with van der Waals surface area (Å²) in [7, 11) is -1.35. The number of hydrogen-bond donors (Lipinski definition) is 1. The van der Waals surface area contributed by atoms with Crippen molar-refractivity contribution in [3.8, 4) is 16.9 Å². The van der Waals surface area contributed by atoms with Crippen LogP contribution in [0.3, 0.4) is 0 Å². The summed E-state index contributed by atoms with van der Waals surface area (Å²) in [5.41, 5.74) is 3.56. The first-order valence-electron chi connectivity index (χ1n) is 13.7. The maximum Gasteiger partial charge on any atom is 0.211 e. The fourth-order valence-electron chi connectivity index (χ4n) is 5.54. The topological polar surface area (TPSA) is 61.9 Å². The van der Waals surface area contributed by atoms with Crippen LogP contribution in [-0.4, -0.2) is 64.9 Å². The van der Waals surface area contributed by atoms with Gasteiger partial charge in [-0.05, 0) is 74.2 Å². The first-order valence-corrected chi connectivity index (χ1v) is 15.3. The predicted octanol–water partition coefficient (Wildman–Crippen LogP) is 5.57. The van der Waals surface area contributed by atoms with E-state index in [4.69, 9.17) is 4.74 Å². The molecule has 2 aromatic carbocycles. The molecule has 6 nitrogen and oxygen atoms in total. The quantitative estimate of drug-likeness (QED) is 0.397. The number of anilines is 1. The third-order valence-electron chi connectivity index (χ3n) is 7.81. The van der Waals surface area contributed by atoms with Gasteiger partial charge in [0.05, 0.1) is 18.6 Å². The molecule has 0 spiro atoms. The Kier molecular flexibility index (Phi) is 11.6. The molecule has 2 fully saturated rings. The van der Waals surface area contributed by atoms with E-state index in [1.165, 1.54) is 23.2 Å². The van der Waals surface area contributed by atoms with Gasteiger partial charge >= 0.3 is 0 Å². The van der Waals surface area contributed by atoms with E-state index in [2.05, 4.69) is 57.0 Å². The normalized spacial score (nSPS) is 20.9. The van der Waals surface area contributed by atoms with Gasteiger partial charge in [-0.1, -0.05) is 49.7 Å². The Balaban J connectivity index is 0.00000380. The first-order chi connectivity index (χ1) is 17.5. The monoisotopic (exact) mass is 549 g/mol. The van der Waals surface area contributed by atoms with Crippen molar-refractivity contribution < 1.29 is 13.2 Å². The Labute approximate surface area is 230 Å². The molecule has 0 amide bonds. The van der Waals surface area contributed by atoms with Gasteiger partial charge in [-0.3, -0.25) is 4.90 Å². The highest BCUT2D eigenvalue weighted by molar-refractivity contribution is 7.89. The number of sulfonamides is 1. The summed E-state index contributed by atoms with van der Waals surface area (Å²) in [5, 5.41) is 0. The van der Waals surface area contributed by atoms with Crippen molar-refractivity contribution in [1.82, 2.24) is 9.62 Å². The molecule has 0 radical (unpaired) electrons. The molecule has 0 unspecified atom stereocenters. The number of benzene rings is 2. The number of unbranched alkanes of at least 4 members (excludes halogenated alkanes) is 1. The molecule has 1 heterocycles. The smallest absolute Gasteiger partial charge is 0.211 e. The number of nitrogens with one attached hydrogen (secondary N) is 1. The highest BCUT2D eigenvalue weighted by Crippen LogP contribution is 2.34. The second-order valence-electron chi connectivity index (χ2n) is 10.4. The van der Waals surface area contributed by atoms with E-state index >= 15 is 0 Å². The fourth-order valence-corrected chi connectivity index (χ4v) is 7.07. The molecule has 0 aromatic heterocycles. The molecular formula is C29H44ClN3O3S. The molecule has 2 aliphatic rings. The third-order valence-corrected chi connectivity index (χ3v) is 9.33. The molecule has 2 aromatic rings. The number of halogens is 1. The van der Waals surface area contributed by atoms with E-state index in [0.29, 0.717) is 5.92 Å². The zero-order chi connectivity index (χ0) is 25.4. The molecule has 1 aliphatic heterocycles. The highest BCUT2D eigenvalue weighted by Gasteiger charge is 2.26. The molecule has 8 heteroatoms. The van der Waals surface area contributed by atoms with Crippen LogP contribution in [0.1, 0.15) is 51.9 Å². The van der Waals surface area contributed by atoms with Crippen LogP contribution in [0.25, 0.3) is 11.1 Å². The third kappa shape index (κ3) is 8.60. The molecule has 1 N–H and O–H groups in total. The zero-order valence-corrected chi connectivity index (χ0v) is 24.0. The van der Waals surface area contributed by atoms with Crippen LogP contribution in [0.5, 0.6) is 5.75 Å². The molecule has 0 atom stereocenters. The lowest BCUT2D eigenvalue weighted by Crippen LogP contribution is -2.47. The maximum atomic E-state index is 12.2. The van der Waals surface area contributed by atoms with Gasteiger partial charge in [-0.2, -0.15) is 0 Å². The number of nitrogens with zero attached hydrogens (tertiary/aromatic N) is 2. The van der Waals surface area contributed by atoms with E-state index in [1.807, 2.05) is 13.0 Å². The predicted molar refractivity (Wildman–Crippen MR) is 157 cm³/mol. The molecule has 4 rings (SSSR count). The van der Waals surface area contributed by atoms with Gasteiger partial charge in [0.2, 0.25) is 10.0 Å². The largest absolute Gasteiger partial charge is 0.495 e. The zero-order valence-electron chi connectivity index (χ0n) is 22.4. The lowest BCUT2D eigenvalue weighted by atomic mass is 9.84. The minimum absolute atomic E-state index is 0. The van der Waals surface area contributed by atoms with Crippen LogP contribution >= 0.6 is 12.4 Å². The number of rotatable bonds is 11. The summed E-state index contributed by atoms with van der Waals surface area (Å²) in [6, 6.07) is 17.1. The molecule has 1 saturated carbocycles. The fraction of sp³-hybridized carbons (Fsp3) is 0.586. The Hall–Kier alpha value is -1.80. The van der Waals surface area contributed by atoms with E-state index < -0.39 is 10.0 Å². The summed E-state index contributed by atoms with van der Waals surface area (Å²) >= 11 is 0. The Morgan fingerprint density at radius 2 is 1.65 bits per heavy atom. The van der Waals surface area contributed by atoms with Crippen molar-refractivity contribution in [2.24, 2.45) is 5.92 Å². The lowest BCUT2D eigenvalue weighted by molar-refractivity contribution is 0.214. The van der Waals surface area contributed by atoms with Crippen LogP contribution in [0.2, 0.25) is 0 Å². The summed E-state index contributed by atoms with van der Waals surface area (Å²) in [6.07, 6.45) is 7.08. The number of ether oxygens (including phenoxy) is 1. The Morgan fingerprint density at radius 3 is 2.30 bits per heavy atom. The Morgan fingerprint density at radius 1 is 0.946 bits per heavy atom. The van der Waals surface area contributed by atoms with Crippen LogP contribution in [0.15, 0.2) is 48.5 Å². The van der Waals surface area contributed by atoms with Crippen molar-refractivity contribution in [2.75, 3.05) is 50.5 Å². The van der Waals surface area contributed by atoms with Crippen molar-refractivity contribution in [3.05, 3.63) is 48.5 Å². The van der Waals surface area contributed by atoms with E-state index in [0.717, 1.165) is 77.0 Å². The van der Waals surface area contributed by atoms with Crippen LogP contribution < -0.4 is 14.4 Å². The van der Waals surface area contributed by atoms with Gasteiger partial charge < -0.3 is 9.64 Å². The summed E-state index contributed by atoms with van der Waals surface area (Å²) in [5.74, 6) is 1.91. The van der Waals surface area contributed by atoms with Gasteiger partial charge in [0, 0.05) is 32.2 Å². The molecule has 0 bridgehead atoms. The molecular weight excluding hydrogens is 506 g/mol. The van der Waals surface area contributed by atoms with Crippen molar-refractivity contribution in [1.29, 1.82) is 0 Å². The summed E-state index contributed by atoms with van der Waals surface area (Å²) in [4.78, 5) is 5.03.